The first kappa shape index (κ1) is 21.0. The van der Waals surface area contributed by atoms with Crippen molar-refractivity contribution in [1.29, 1.82) is 0 Å². The summed E-state index contributed by atoms with van der Waals surface area (Å²) >= 11 is 0. The van der Waals surface area contributed by atoms with Crippen molar-refractivity contribution in [2.24, 2.45) is 4.99 Å². The third-order valence-electron chi connectivity index (χ3n) is 4.32. The van der Waals surface area contributed by atoms with Crippen molar-refractivity contribution >= 4 is 17.9 Å². The molecule has 8 heteroatoms. The number of aliphatic imine (C=N–C) groups is 1. The summed E-state index contributed by atoms with van der Waals surface area (Å²) in [5.74, 6) is 2.06. The predicted molar refractivity (Wildman–Crippen MR) is 111 cm³/mol. The highest BCUT2D eigenvalue weighted by atomic mass is 16.6. The zero-order valence-electron chi connectivity index (χ0n) is 17.5. The molecule has 0 radical (unpaired) electrons. The van der Waals surface area contributed by atoms with E-state index in [4.69, 9.17) is 28.4 Å². The smallest absolute Gasteiger partial charge is 0.363 e. The van der Waals surface area contributed by atoms with Crippen LogP contribution in [0.25, 0.3) is 6.08 Å². The van der Waals surface area contributed by atoms with Gasteiger partial charge >= 0.3 is 5.97 Å². The zero-order valence-corrected chi connectivity index (χ0v) is 17.5. The van der Waals surface area contributed by atoms with Crippen molar-refractivity contribution < 1.29 is 33.2 Å². The molecular weight excluding hydrogens is 390 g/mol. The maximum Gasteiger partial charge on any atom is 0.363 e. The minimum Gasteiger partial charge on any atom is -0.493 e. The Morgan fingerprint density at radius 1 is 0.900 bits per heavy atom. The van der Waals surface area contributed by atoms with Crippen LogP contribution in [0.1, 0.15) is 18.1 Å². The lowest BCUT2D eigenvalue weighted by atomic mass is 10.1. The summed E-state index contributed by atoms with van der Waals surface area (Å²) in [4.78, 5) is 16.7. The molecule has 0 bridgehead atoms. The van der Waals surface area contributed by atoms with Crippen molar-refractivity contribution in [3.63, 3.8) is 0 Å². The number of rotatable bonds is 8. The lowest BCUT2D eigenvalue weighted by Crippen LogP contribution is -2.07. The number of carbonyl (C=O) groups excluding carboxylic acids is 1. The summed E-state index contributed by atoms with van der Waals surface area (Å²) < 4.78 is 32.2. The molecule has 3 rings (SSSR count). The van der Waals surface area contributed by atoms with E-state index in [1.165, 1.54) is 21.3 Å². The van der Waals surface area contributed by atoms with Gasteiger partial charge in [0, 0.05) is 5.56 Å². The molecule has 0 N–H and O–H groups in total. The molecule has 0 saturated carbocycles. The summed E-state index contributed by atoms with van der Waals surface area (Å²) in [5, 5.41) is 0. The van der Waals surface area contributed by atoms with Crippen molar-refractivity contribution in [2.45, 2.75) is 6.92 Å². The van der Waals surface area contributed by atoms with Gasteiger partial charge in [-0.05, 0) is 42.8 Å². The van der Waals surface area contributed by atoms with Crippen LogP contribution in [0.4, 0.5) is 0 Å². The number of hydrogen-bond donors (Lipinski definition) is 0. The number of carbonyl (C=O) groups is 1. The van der Waals surface area contributed by atoms with Gasteiger partial charge in [0.25, 0.3) is 0 Å². The summed E-state index contributed by atoms with van der Waals surface area (Å²) in [5.41, 5.74) is 1.40. The lowest BCUT2D eigenvalue weighted by Gasteiger charge is -2.13. The molecule has 30 heavy (non-hydrogen) atoms. The third kappa shape index (κ3) is 4.17. The fourth-order valence-corrected chi connectivity index (χ4v) is 2.94. The van der Waals surface area contributed by atoms with Gasteiger partial charge in [0.05, 0.1) is 35.0 Å². The van der Waals surface area contributed by atoms with Gasteiger partial charge in [-0.2, -0.15) is 0 Å². The maximum absolute atomic E-state index is 12.4. The average Bonchev–Trinajstić information content (AvgIpc) is 3.13. The van der Waals surface area contributed by atoms with Crippen LogP contribution in [0.5, 0.6) is 28.7 Å². The number of methoxy groups -OCH3 is 4. The highest BCUT2D eigenvalue weighted by Crippen LogP contribution is 2.39. The van der Waals surface area contributed by atoms with E-state index in [0.717, 1.165) is 5.56 Å². The van der Waals surface area contributed by atoms with E-state index in [0.29, 0.717) is 40.9 Å². The third-order valence-corrected chi connectivity index (χ3v) is 4.32. The van der Waals surface area contributed by atoms with Crippen LogP contribution in [0.2, 0.25) is 0 Å². The van der Waals surface area contributed by atoms with E-state index < -0.39 is 5.97 Å². The molecule has 8 nitrogen and oxygen atoms in total. The Morgan fingerprint density at radius 2 is 1.57 bits per heavy atom. The predicted octanol–water partition coefficient (Wildman–Crippen LogP) is 3.46. The Kier molecular flexibility index (Phi) is 6.46. The standard InChI is InChI=1S/C22H23NO7/c1-6-29-16-8-7-13(10-17(16)25-2)9-15-22(24)30-21(23-15)14-11-18(26-3)20(28-5)19(12-14)27-4/h7-12H,6H2,1-5H3/b15-9+. The van der Waals surface area contributed by atoms with Crippen LogP contribution in [-0.2, 0) is 9.53 Å². The lowest BCUT2D eigenvalue weighted by molar-refractivity contribution is -0.129. The monoisotopic (exact) mass is 413 g/mol. The fraction of sp³-hybridized carbons (Fsp3) is 0.273. The minimum atomic E-state index is -0.563. The van der Waals surface area contributed by atoms with Crippen molar-refractivity contribution in [2.75, 3.05) is 35.0 Å². The molecule has 1 aliphatic rings. The number of cyclic esters (lactones) is 1. The molecule has 1 aliphatic heterocycles. The minimum absolute atomic E-state index is 0.142. The molecule has 0 saturated heterocycles. The van der Waals surface area contributed by atoms with Gasteiger partial charge in [0.2, 0.25) is 11.6 Å². The van der Waals surface area contributed by atoms with Crippen LogP contribution in [0.15, 0.2) is 41.0 Å². The summed E-state index contributed by atoms with van der Waals surface area (Å²) in [6.45, 7) is 2.41. The molecule has 1 heterocycles. The molecule has 0 unspecified atom stereocenters. The van der Waals surface area contributed by atoms with Crippen LogP contribution in [0, 0.1) is 0 Å². The van der Waals surface area contributed by atoms with Gasteiger partial charge < -0.3 is 28.4 Å². The first-order valence-electron chi connectivity index (χ1n) is 9.18. The Hall–Kier alpha value is -3.68. The molecule has 0 fully saturated rings. The van der Waals surface area contributed by atoms with E-state index in [1.807, 2.05) is 6.92 Å². The summed E-state index contributed by atoms with van der Waals surface area (Å²) in [7, 11) is 6.08. The zero-order chi connectivity index (χ0) is 21.7. The van der Waals surface area contributed by atoms with Crippen molar-refractivity contribution in [3.05, 3.63) is 47.2 Å². The van der Waals surface area contributed by atoms with Crippen LogP contribution < -0.4 is 23.7 Å². The van der Waals surface area contributed by atoms with Crippen LogP contribution in [0.3, 0.4) is 0 Å². The molecule has 0 spiro atoms. The second kappa shape index (κ2) is 9.21. The summed E-state index contributed by atoms with van der Waals surface area (Å²) in [6, 6.07) is 8.67. The second-order valence-electron chi connectivity index (χ2n) is 6.09. The van der Waals surface area contributed by atoms with Crippen LogP contribution in [-0.4, -0.2) is 46.9 Å². The van der Waals surface area contributed by atoms with Gasteiger partial charge in [-0.15, -0.1) is 0 Å². The van der Waals surface area contributed by atoms with E-state index in [1.54, 1.807) is 43.5 Å². The molecular formula is C22H23NO7. The van der Waals surface area contributed by atoms with Gasteiger partial charge in [0.15, 0.2) is 28.7 Å². The molecule has 2 aromatic rings. The Bertz CT molecular complexity index is 986. The maximum atomic E-state index is 12.4. The van der Waals surface area contributed by atoms with E-state index in [9.17, 15) is 4.79 Å². The van der Waals surface area contributed by atoms with E-state index >= 15 is 0 Å². The summed E-state index contributed by atoms with van der Waals surface area (Å²) in [6.07, 6.45) is 1.62. The van der Waals surface area contributed by atoms with Crippen molar-refractivity contribution in [3.8, 4) is 28.7 Å². The van der Waals surface area contributed by atoms with E-state index in [-0.39, 0.29) is 11.6 Å². The topological polar surface area (TPSA) is 84.8 Å². The molecule has 0 amide bonds. The van der Waals surface area contributed by atoms with Crippen LogP contribution >= 0.6 is 0 Å². The SMILES string of the molecule is CCOc1ccc(/C=C2/N=C(c3cc(OC)c(OC)c(OC)c3)OC2=O)cc1OC. The molecule has 158 valence electrons. The Labute approximate surface area is 174 Å². The second-order valence-corrected chi connectivity index (χ2v) is 6.09. The quantitative estimate of drug-likeness (QED) is 0.484. The fourth-order valence-electron chi connectivity index (χ4n) is 2.94. The first-order chi connectivity index (χ1) is 14.5. The molecule has 0 aliphatic carbocycles. The number of nitrogens with zero attached hydrogens (tertiary/aromatic N) is 1. The average molecular weight is 413 g/mol. The number of benzene rings is 2. The Balaban J connectivity index is 1.97. The highest BCUT2D eigenvalue weighted by Gasteiger charge is 2.26. The highest BCUT2D eigenvalue weighted by molar-refractivity contribution is 6.13. The molecule has 2 aromatic carbocycles. The van der Waals surface area contributed by atoms with Gasteiger partial charge in [-0.1, -0.05) is 6.07 Å². The normalized spacial score (nSPS) is 14.2. The van der Waals surface area contributed by atoms with Gasteiger partial charge in [0.1, 0.15) is 0 Å². The van der Waals surface area contributed by atoms with E-state index in [2.05, 4.69) is 4.99 Å². The number of esters is 1. The largest absolute Gasteiger partial charge is 0.493 e. The first-order valence-corrected chi connectivity index (χ1v) is 9.18. The van der Waals surface area contributed by atoms with Crippen molar-refractivity contribution in [1.82, 2.24) is 0 Å². The molecule has 0 aromatic heterocycles. The number of hydrogen-bond acceptors (Lipinski definition) is 8. The number of ether oxygens (including phenoxy) is 6. The molecule has 0 atom stereocenters. The van der Waals surface area contributed by atoms with Gasteiger partial charge in [-0.3, -0.25) is 0 Å². The Morgan fingerprint density at radius 3 is 2.13 bits per heavy atom. The van der Waals surface area contributed by atoms with Gasteiger partial charge in [-0.25, -0.2) is 9.79 Å².